The standard InChI is InChI=1S/C22H29ClO5.2C3H6O2/c1-22(2,16-4-8-20(9-5-16)27-14-18(24)12-23)17-6-10-21(11-7-17)28-15-19(25)13-26-3;2*1-2-3(4)5/h4-11,18-19,24-25H,12-15H2,1-3H3;2*2H2,1H3,(H,4,5). The molecule has 0 aliphatic carbocycles. The zero-order valence-corrected chi connectivity index (χ0v) is 23.5. The monoisotopic (exact) mass is 556 g/mol. The first-order valence-electron chi connectivity index (χ1n) is 12.2. The Morgan fingerprint density at radius 2 is 1.11 bits per heavy atom. The summed E-state index contributed by atoms with van der Waals surface area (Å²) >= 11 is 5.57. The van der Waals surface area contributed by atoms with Gasteiger partial charge in [-0.05, 0) is 35.4 Å². The Balaban J connectivity index is 0.00000116. The third-order valence-electron chi connectivity index (χ3n) is 5.18. The molecular formula is C28H41ClO9. The quantitative estimate of drug-likeness (QED) is 0.265. The lowest BCUT2D eigenvalue weighted by molar-refractivity contribution is -0.137. The molecule has 0 spiro atoms. The number of aliphatic hydroxyl groups excluding tert-OH is 2. The fourth-order valence-corrected chi connectivity index (χ4v) is 2.86. The van der Waals surface area contributed by atoms with E-state index in [-0.39, 0.29) is 44.0 Å². The molecule has 0 saturated heterocycles. The molecule has 9 nitrogen and oxygen atoms in total. The number of hydrogen-bond acceptors (Lipinski definition) is 7. The third kappa shape index (κ3) is 14.8. The molecule has 0 amide bonds. The van der Waals surface area contributed by atoms with Crippen molar-refractivity contribution in [3.63, 3.8) is 0 Å². The van der Waals surface area contributed by atoms with Crippen LogP contribution in [0.5, 0.6) is 11.5 Å². The first kappa shape index (κ1) is 35.2. The molecule has 0 aliphatic rings. The topological polar surface area (TPSA) is 143 Å². The number of rotatable bonds is 13. The minimum absolute atomic E-state index is 0.149. The Kier molecular flexibility index (Phi) is 17.8. The minimum Gasteiger partial charge on any atom is -0.491 e. The van der Waals surface area contributed by atoms with Crippen molar-refractivity contribution in [1.29, 1.82) is 0 Å². The molecule has 2 unspecified atom stereocenters. The van der Waals surface area contributed by atoms with Gasteiger partial charge in [0, 0.05) is 25.4 Å². The summed E-state index contributed by atoms with van der Waals surface area (Å²) in [6, 6.07) is 15.7. The van der Waals surface area contributed by atoms with E-state index in [9.17, 15) is 19.8 Å². The second-order valence-corrected chi connectivity index (χ2v) is 9.02. The van der Waals surface area contributed by atoms with E-state index in [4.69, 9.17) is 36.0 Å². The molecule has 0 aromatic heterocycles. The Labute approximate surface area is 229 Å². The minimum atomic E-state index is -0.745. The molecule has 2 rings (SSSR count). The molecule has 0 aliphatic heterocycles. The van der Waals surface area contributed by atoms with Gasteiger partial charge in [-0.25, -0.2) is 0 Å². The van der Waals surface area contributed by atoms with Crippen LogP contribution in [-0.4, -0.2) is 77.4 Å². The molecule has 0 bridgehead atoms. The molecule has 0 radical (unpaired) electrons. The van der Waals surface area contributed by atoms with Gasteiger partial charge in [0.2, 0.25) is 0 Å². The highest BCUT2D eigenvalue weighted by Crippen LogP contribution is 2.33. The lowest BCUT2D eigenvalue weighted by atomic mass is 9.78. The van der Waals surface area contributed by atoms with E-state index in [0.29, 0.717) is 11.5 Å². The number of hydrogen-bond donors (Lipinski definition) is 4. The number of aliphatic carboxylic acids is 2. The van der Waals surface area contributed by atoms with Gasteiger partial charge in [0.25, 0.3) is 0 Å². The van der Waals surface area contributed by atoms with Crippen LogP contribution in [0.15, 0.2) is 48.5 Å². The highest BCUT2D eigenvalue weighted by Gasteiger charge is 2.23. The normalized spacial score (nSPS) is 12.1. The van der Waals surface area contributed by atoms with E-state index in [0.717, 1.165) is 11.1 Å². The fourth-order valence-electron chi connectivity index (χ4n) is 2.77. The van der Waals surface area contributed by atoms with Crippen LogP contribution in [0.1, 0.15) is 51.7 Å². The van der Waals surface area contributed by atoms with Crippen molar-refractivity contribution < 1.29 is 44.2 Å². The summed E-state index contributed by atoms with van der Waals surface area (Å²) in [4.78, 5) is 18.7. The molecular weight excluding hydrogens is 516 g/mol. The number of benzene rings is 2. The number of alkyl halides is 1. The summed E-state index contributed by atoms with van der Waals surface area (Å²) in [6.45, 7) is 8.11. The predicted molar refractivity (Wildman–Crippen MR) is 146 cm³/mol. The van der Waals surface area contributed by atoms with E-state index in [1.54, 1.807) is 21.0 Å². The zero-order chi connectivity index (χ0) is 29.1. The van der Waals surface area contributed by atoms with Crippen LogP contribution in [0.3, 0.4) is 0 Å². The Morgan fingerprint density at radius 1 is 0.763 bits per heavy atom. The maximum atomic E-state index is 9.67. The van der Waals surface area contributed by atoms with E-state index in [1.807, 2.05) is 48.5 Å². The molecule has 4 N–H and O–H groups in total. The van der Waals surface area contributed by atoms with Gasteiger partial charge >= 0.3 is 11.9 Å². The maximum absolute atomic E-state index is 9.67. The highest BCUT2D eigenvalue weighted by molar-refractivity contribution is 6.18. The van der Waals surface area contributed by atoms with Crippen molar-refractivity contribution >= 4 is 23.5 Å². The number of carboxylic acids is 2. The number of aliphatic hydroxyl groups is 2. The average molecular weight is 557 g/mol. The molecule has 10 heteroatoms. The van der Waals surface area contributed by atoms with Crippen LogP contribution >= 0.6 is 11.6 Å². The molecule has 2 atom stereocenters. The summed E-state index contributed by atoms with van der Waals surface area (Å²) < 4.78 is 16.0. The molecule has 38 heavy (non-hydrogen) atoms. The number of halogens is 1. The van der Waals surface area contributed by atoms with E-state index in [2.05, 4.69) is 13.8 Å². The van der Waals surface area contributed by atoms with Gasteiger partial charge in [-0.2, -0.15) is 0 Å². The number of methoxy groups -OCH3 is 1. The van der Waals surface area contributed by atoms with Gasteiger partial charge in [-0.3, -0.25) is 9.59 Å². The average Bonchev–Trinajstić information content (AvgIpc) is 2.91. The summed E-state index contributed by atoms with van der Waals surface area (Å²) in [5, 5.41) is 34.6. The van der Waals surface area contributed by atoms with Crippen molar-refractivity contribution in [3.05, 3.63) is 59.7 Å². The second kappa shape index (κ2) is 19.3. The number of carboxylic acid groups (broad SMARTS) is 2. The van der Waals surface area contributed by atoms with E-state index >= 15 is 0 Å². The van der Waals surface area contributed by atoms with Crippen molar-refractivity contribution in [3.8, 4) is 11.5 Å². The van der Waals surface area contributed by atoms with Crippen LogP contribution < -0.4 is 9.47 Å². The van der Waals surface area contributed by atoms with Gasteiger partial charge in [-0.1, -0.05) is 52.0 Å². The molecule has 0 saturated carbocycles. The first-order valence-corrected chi connectivity index (χ1v) is 12.8. The van der Waals surface area contributed by atoms with Gasteiger partial charge in [-0.15, -0.1) is 11.6 Å². The van der Waals surface area contributed by atoms with Crippen LogP contribution in [0.25, 0.3) is 0 Å². The lowest BCUT2D eigenvalue weighted by Crippen LogP contribution is -2.22. The fraction of sp³-hybridized carbons (Fsp3) is 0.500. The third-order valence-corrected chi connectivity index (χ3v) is 5.54. The largest absolute Gasteiger partial charge is 0.491 e. The van der Waals surface area contributed by atoms with Crippen LogP contribution in [0, 0.1) is 0 Å². The van der Waals surface area contributed by atoms with Gasteiger partial charge in [0.15, 0.2) is 0 Å². The van der Waals surface area contributed by atoms with Crippen LogP contribution in [0.4, 0.5) is 0 Å². The summed E-state index contributed by atoms with van der Waals surface area (Å²) in [6.07, 6.45) is -0.874. The predicted octanol–water partition coefficient (Wildman–Crippen LogP) is 4.34. The highest BCUT2D eigenvalue weighted by atomic mass is 35.5. The smallest absolute Gasteiger partial charge is 0.303 e. The summed E-state index contributed by atoms with van der Waals surface area (Å²) in [5.41, 5.74) is 2.08. The SMILES string of the molecule is CCC(=O)O.CCC(=O)O.COCC(O)COc1ccc(C(C)(C)c2ccc(OCC(O)CCl)cc2)cc1. The van der Waals surface area contributed by atoms with Gasteiger partial charge in [0.1, 0.15) is 36.9 Å². The molecule has 0 fully saturated rings. The molecule has 2 aromatic carbocycles. The number of carbonyl (C=O) groups is 2. The van der Waals surface area contributed by atoms with Crippen LogP contribution in [0.2, 0.25) is 0 Å². The first-order chi connectivity index (χ1) is 17.9. The Bertz CT molecular complexity index is 901. The van der Waals surface area contributed by atoms with Gasteiger partial charge in [0.05, 0.1) is 12.5 Å². The van der Waals surface area contributed by atoms with Crippen molar-refractivity contribution in [1.82, 2.24) is 0 Å². The number of ether oxygens (including phenoxy) is 3. The summed E-state index contributed by atoms with van der Waals surface area (Å²) in [7, 11) is 1.54. The second-order valence-electron chi connectivity index (χ2n) is 8.71. The molecule has 214 valence electrons. The Morgan fingerprint density at radius 3 is 1.39 bits per heavy atom. The zero-order valence-electron chi connectivity index (χ0n) is 22.7. The molecule has 2 aromatic rings. The van der Waals surface area contributed by atoms with Crippen molar-refractivity contribution in [2.24, 2.45) is 0 Å². The Hall–Kier alpha value is -2.85. The van der Waals surface area contributed by atoms with Crippen LogP contribution in [-0.2, 0) is 19.7 Å². The van der Waals surface area contributed by atoms with E-state index in [1.165, 1.54) is 0 Å². The lowest BCUT2D eigenvalue weighted by Gasteiger charge is -2.26. The van der Waals surface area contributed by atoms with Gasteiger partial charge < -0.3 is 34.6 Å². The molecule has 0 heterocycles. The van der Waals surface area contributed by atoms with E-state index < -0.39 is 24.1 Å². The van der Waals surface area contributed by atoms with Crippen molar-refractivity contribution in [2.45, 2.75) is 58.2 Å². The van der Waals surface area contributed by atoms with Crippen molar-refractivity contribution in [2.75, 3.05) is 32.8 Å². The maximum Gasteiger partial charge on any atom is 0.303 e. The summed E-state index contributed by atoms with van der Waals surface area (Å²) in [5.74, 6) is 0.0595.